The predicted octanol–water partition coefficient (Wildman–Crippen LogP) is 0.719. The average Bonchev–Trinajstić information content (AvgIpc) is 2.30. The number of aliphatic hydroxyl groups excluding tert-OH is 1. The Hall–Kier alpha value is -1.73. The number of hydrogen-bond donors (Lipinski definition) is 2. The third-order valence-electron chi connectivity index (χ3n) is 2.06. The van der Waals surface area contributed by atoms with Crippen molar-refractivity contribution in [3.8, 4) is 0 Å². The summed E-state index contributed by atoms with van der Waals surface area (Å²) >= 11 is 0. The highest BCUT2D eigenvalue weighted by atomic mass is 16.6. The van der Waals surface area contributed by atoms with E-state index in [9.17, 15) is 10.1 Å². The second-order valence-electron chi connectivity index (χ2n) is 3.38. The molecule has 1 heterocycles. The van der Waals surface area contributed by atoms with Crippen LogP contribution in [0.5, 0.6) is 0 Å². The number of aliphatic hydroxyl groups is 1. The van der Waals surface area contributed by atoms with Crippen LogP contribution in [-0.4, -0.2) is 41.4 Å². The van der Waals surface area contributed by atoms with Crippen LogP contribution in [0.4, 0.5) is 11.5 Å². The fraction of sp³-hybridized carbons (Fsp3) is 0.500. The standard InChI is InChI=1S/C10H15N3O4/c1-8-7-12-10(6-9(8)13(15)16)11-2-4-17-5-3-14/h6-7,14H,2-5H2,1H3,(H,11,12). The molecule has 0 spiro atoms. The molecule has 0 aliphatic heterocycles. The number of ether oxygens (including phenoxy) is 1. The van der Waals surface area contributed by atoms with E-state index in [2.05, 4.69) is 10.3 Å². The summed E-state index contributed by atoms with van der Waals surface area (Å²) in [7, 11) is 0. The van der Waals surface area contributed by atoms with Gasteiger partial charge in [-0.25, -0.2) is 4.98 Å². The number of hydrogen-bond acceptors (Lipinski definition) is 6. The molecule has 0 fully saturated rings. The van der Waals surface area contributed by atoms with Crippen molar-refractivity contribution < 1.29 is 14.8 Å². The molecule has 0 radical (unpaired) electrons. The molecule has 0 saturated carbocycles. The summed E-state index contributed by atoms with van der Waals surface area (Å²) in [4.78, 5) is 14.3. The van der Waals surface area contributed by atoms with Gasteiger partial charge in [0.1, 0.15) is 5.82 Å². The number of nitrogens with one attached hydrogen (secondary N) is 1. The summed E-state index contributed by atoms with van der Waals surface area (Å²) < 4.78 is 5.03. The zero-order chi connectivity index (χ0) is 12.7. The van der Waals surface area contributed by atoms with E-state index in [1.165, 1.54) is 12.3 Å². The summed E-state index contributed by atoms with van der Waals surface area (Å²) in [5, 5.41) is 22.1. The summed E-state index contributed by atoms with van der Waals surface area (Å²) in [5.41, 5.74) is 0.566. The quantitative estimate of drug-likeness (QED) is 0.414. The molecule has 7 nitrogen and oxygen atoms in total. The molecule has 0 aliphatic rings. The predicted molar refractivity (Wildman–Crippen MR) is 62.0 cm³/mol. The Morgan fingerprint density at radius 1 is 1.59 bits per heavy atom. The van der Waals surface area contributed by atoms with Crippen LogP contribution in [0.15, 0.2) is 12.3 Å². The molecule has 94 valence electrons. The molecular formula is C10H15N3O4. The van der Waals surface area contributed by atoms with Crippen molar-refractivity contribution in [2.24, 2.45) is 0 Å². The Labute approximate surface area is 98.6 Å². The first-order valence-electron chi connectivity index (χ1n) is 5.18. The largest absolute Gasteiger partial charge is 0.394 e. The van der Waals surface area contributed by atoms with Gasteiger partial charge in [-0.05, 0) is 6.92 Å². The maximum atomic E-state index is 10.7. The Morgan fingerprint density at radius 2 is 2.35 bits per heavy atom. The molecule has 1 rings (SSSR count). The van der Waals surface area contributed by atoms with Gasteiger partial charge < -0.3 is 15.2 Å². The van der Waals surface area contributed by atoms with Crippen LogP contribution < -0.4 is 5.32 Å². The molecule has 7 heteroatoms. The lowest BCUT2D eigenvalue weighted by molar-refractivity contribution is -0.385. The van der Waals surface area contributed by atoms with E-state index in [0.29, 0.717) is 24.5 Å². The van der Waals surface area contributed by atoms with E-state index in [1.54, 1.807) is 6.92 Å². The summed E-state index contributed by atoms with van der Waals surface area (Å²) in [5.74, 6) is 0.440. The number of nitrogens with zero attached hydrogens (tertiary/aromatic N) is 2. The Bertz CT molecular complexity index is 384. The lowest BCUT2D eigenvalue weighted by Gasteiger charge is -2.06. The van der Waals surface area contributed by atoms with Gasteiger partial charge in [-0.15, -0.1) is 0 Å². The van der Waals surface area contributed by atoms with Crippen LogP contribution in [0.25, 0.3) is 0 Å². The minimum absolute atomic E-state index is 0.0196. The van der Waals surface area contributed by atoms with Crippen molar-refractivity contribution >= 4 is 11.5 Å². The van der Waals surface area contributed by atoms with E-state index in [-0.39, 0.29) is 18.9 Å². The Morgan fingerprint density at radius 3 is 3.00 bits per heavy atom. The molecule has 17 heavy (non-hydrogen) atoms. The maximum absolute atomic E-state index is 10.7. The molecular weight excluding hydrogens is 226 g/mol. The third kappa shape index (κ3) is 4.33. The van der Waals surface area contributed by atoms with E-state index in [0.717, 1.165) is 0 Å². The van der Waals surface area contributed by atoms with Gasteiger partial charge in [-0.2, -0.15) is 0 Å². The first kappa shape index (κ1) is 13.3. The first-order valence-corrected chi connectivity index (χ1v) is 5.18. The molecule has 0 bridgehead atoms. The lowest BCUT2D eigenvalue weighted by atomic mass is 10.2. The molecule has 0 amide bonds. The normalized spacial score (nSPS) is 10.2. The highest BCUT2D eigenvalue weighted by Crippen LogP contribution is 2.19. The second-order valence-corrected chi connectivity index (χ2v) is 3.38. The van der Waals surface area contributed by atoms with Crippen molar-refractivity contribution in [3.05, 3.63) is 27.9 Å². The van der Waals surface area contributed by atoms with Crippen LogP contribution in [-0.2, 0) is 4.74 Å². The van der Waals surface area contributed by atoms with Gasteiger partial charge in [0.25, 0.3) is 5.69 Å². The zero-order valence-electron chi connectivity index (χ0n) is 9.55. The highest BCUT2D eigenvalue weighted by Gasteiger charge is 2.11. The van der Waals surface area contributed by atoms with Crippen LogP contribution >= 0.6 is 0 Å². The van der Waals surface area contributed by atoms with Gasteiger partial charge in [0.05, 0.1) is 30.8 Å². The van der Waals surface area contributed by atoms with Crippen LogP contribution in [0.2, 0.25) is 0 Å². The van der Waals surface area contributed by atoms with E-state index < -0.39 is 4.92 Å². The van der Waals surface area contributed by atoms with Crippen LogP contribution in [0, 0.1) is 17.0 Å². The number of rotatable bonds is 7. The molecule has 2 N–H and O–H groups in total. The first-order chi connectivity index (χ1) is 8.15. The topological polar surface area (TPSA) is 97.5 Å². The molecule has 0 atom stereocenters. The molecule has 0 aliphatic carbocycles. The summed E-state index contributed by atoms with van der Waals surface area (Å²) in [6.45, 7) is 2.79. The minimum Gasteiger partial charge on any atom is -0.394 e. The average molecular weight is 241 g/mol. The number of aryl methyl sites for hydroxylation is 1. The van der Waals surface area contributed by atoms with Crippen molar-refractivity contribution in [2.75, 3.05) is 31.7 Å². The number of nitro groups is 1. The Kier molecular flexibility index (Phi) is 5.31. The number of pyridine rings is 1. The Balaban J connectivity index is 2.49. The highest BCUT2D eigenvalue weighted by molar-refractivity contribution is 5.48. The van der Waals surface area contributed by atoms with E-state index in [1.807, 2.05) is 0 Å². The van der Waals surface area contributed by atoms with Gasteiger partial charge in [-0.3, -0.25) is 10.1 Å². The van der Waals surface area contributed by atoms with Crippen LogP contribution in [0.1, 0.15) is 5.56 Å². The van der Waals surface area contributed by atoms with Crippen LogP contribution in [0.3, 0.4) is 0 Å². The molecule has 0 saturated heterocycles. The second kappa shape index (κ2) is 6.77. The minimum atomic E-state index is -0.440. The smallest absolute Gasteiger partial charge is 0.277 e. The maximum Gasteiger partial charge on any atom is 0.277 e. The van der Waals surface area contributed by atoms with E-state index in [4.69, 9.17) is 9.84 Å². The van der Waals surface area contributed by atoms with Crippen molar-refractivity contribution in [1.82, 2.24) is 4.98 Å². The number of aromatic nitrogens is 1. The summed E-state index contributed by atoms with van der Waals surface area (Å²) in [6.07, 6.45) is 1.45. The van der Waals surface area contributed by atoms with Crippen molar-refractivity contribution in [2.45, 2.75) is 6.92 Å². The zero-order valence-corrected chi connectivity index (χ0v) is 9.55. The summed E-state index contributed by atoms with van der Waals surface area (Å²) in [6, 6.07) is 1.39. The van der Waals surface area contributed by atoms with Crippen molar-refractivity contribution in [3.63, 3.8) is 0 Å². The molecule has 0 unspecified atom stereocenters. The number of anilines is 1. The fourth-order valence-electron chi connectivity index (χ4n) is 1.22. The van der Waals surface area contributed by atoms with Gasteiger partial charge in [-0.1, -0.05) is 0 Å². The molecule has 1 aromatic rings. The van der Waals surface area contributed by atoms with Gasteiger partial charge in [0, 0.05) is 18.3 Å². The van der Waals surface area contributed by atoms with E-state index >= 15 is 0 Å². The van der Waals surface area contributed by atoms with Crippen molar-refractivity contribution in [1.29, 1.82) is 0 Å². The van der Waals surface area contributed by atoms with Gasteiger partial charge >= 0.3 is 0 Å². The SMILES string of the molecule is Cc1cnc(NCCOCCO)cc1[N+](=O)[O-]. The monoisotopic (exact) mass is 241 g/mol. The lowest BCUT2D eigenvalue weighted by Crippen LogP contribution is -2.12. The third-order valence-corrected chi connectivity index (χ3v) is 2.06. The van der Waals surface area contributed by atoms with Gasteiger partial charge in [0.2, 0.25) is 0 Å². The van der Waals surface area contributed by atoms with Gasteiger partial charge in [0.15, 0.2) is 0 Å². The fourth-order valence-corrected chi connectivity index (χ4v) is 1.22. The molecule has 1 aromatic heterocycles. The molecule has 0 aromatic carbocycles.